The van der Waals surface area contributed by atoms with Crippen molar-refractivity contribution < 1.29 is 9.59 Å². The monoisotopic (exact) mass is 299 g/mol. The Morgan fingerprint density at radius 1 is 1.32 bits per heavy atom. The molecule has 1 atom stereocenters. The molecule has 0 aliphatic carbocycles. The minimum absolute atomic E-state index is 0.131. The summed E-state index contributed by atoms with van der Waals surface area (Å²) in [6.45, 7) is 6.08. The second-order valence-electron chi connectivity index (χ2n) is 6.36. The Kier molecular flexibility index (Phi) is 4.51. The summed E-state index contributed by atoms with van der Waals surface area (Å²) in [6, 6.07) is 8.72. The number of hydrogen-bond donors (Lipinski definition) is 1. The molecule has 1 fully saturated rings. The highest BCUT2D eigenvalue weighted by atomic mass is 16.2. The number of carbonyl (C=O) groups excluding carboxylic acids is 2. The SMILES string of the molecule is CC(C)CC[C@@]1(C)NC(=O)N(Cc2ccccc2C#N)C1=O. The van der Waals surface area contributed by atoms with Crippen LogP contribution in [0.5, 0.6) is 0 Å². The molecule has 5 heteroatoms. The van der Waals surface area contributed by atoms with Gasteiger partial charge in [0.1, 0.15) is 5.54 Å². The summed E-state index contributed by atoms with van der Waals surface area (Å²) in [5.74, 6) is 0.251. The highest BCUT2D eigenvalue weighted by Crippen LogP contribution is 2.26. The summed E-state index contributed by atoms with van der Waals surface area (Å²) in [5, 5.41) is 11.9. The van der Waals surface area contributed by atoms with E-state index in [4.69, 9.17) is 5.26 Å². The third-order valence-electron chi connectivity index (χ3n) is 4.03. The van der Waals surface area contributed by atoms with Gasteiger partial charge in [-0.2, -0.15) is 5.26 Å². The molecule has 1 aromatic rings. The highest BCUT2D eigenvalue weighted by molar-refractivity contribution is 6.06. The first-order chi connectivity index (χ1) is 10.4. The maximum Gasteiger partial charge on any atom is 0.325 e. The number of rotatable bonds is 5. The molecule has 2 rings (SSSR count). The van der Waals surface area contributed by atoms with Crippen molar-refractivity contribution in [2.75, 3.05) is 0 Å². The van der Waals surface area contributed by atoms with E-state index in [1.165, 1.54) is 4.90 Å². The zero-order chi connectivity index (χ0) is 16.3. The van der Waals surface area contributed by atoms with Crippen molar-refractivity contribution in [3.05, 3.63) is 35.4 Å². The first-order valence-electron chi connectivity index (χ1n) is 7.49. The Bertz CT molecular complexity index is 633. The number of urea groups is 1. The van der Waals surface area contributed by atoms with Gasteiger partial charge in [-0.15, -0.1) is 0 Å². The largest absolute Gasteiger partial charge is 0.325 e. The van der Waals surface area contributed by atoms with E-state index in [9.17, 15) is 9.59 Å². The summed E-state index contributed by atoms with van der Waals surface area (Å²) in [7, 11) is 0. The van der Waals surface area contributed by atoms with Crippen LogP contribution >= 0.6 is 0 Å². The van der Waals surface area contributed by atoms with Crippen molar-refractivity contribution in [1.82, 2.24) is 10.2 Å². The normalized spacial score (nSPS) is 21.1. The number of nitrogens with zero attached hydrogens (tertiary/aromatic N) is 2. The summed E-state index contributed by atoms with van der Waals surface area (Å²) in [5.41, 5.74) is 0.323. The molecule has 0 bridgehead atoms. The maximum absolute atomic E-state index is 12.6. The lowest BCUT2D eigenvalue weighted by atomic mass is 9.92. The van der Waals surface area contributed by atoms with Crippen LogP contribution < -0.4 is 5.32 Å². The quantitative estimate of drug-likeness (QED) is 0.850. The van der Waals surface area contributed by atoms with E-state index in [0.717, 1.165) is 6.42 Å². The highest BCUT2D eigenvalue weighted by Gasteiger charge is 2.47. The van der Waals surface area contributed by atoms with Gasteiger partial charge in [-0.1, -0.05) is 32.0 Å². The van der Waals surface area contributed by atoms with Gasteiger partial charge in [-0.25, -0.2) is 4.79 Å². The Labute approximate surface area is 130 Å². The molecule has 0 unspecified atom stereocenters. The Balaban J connectivity index is 2.17. The predicted molar refractivity (Wildman–Crippen MR) is 82.7 cm³/mol. The zero-order valence-electron chi connectivity index (χ0n) is 13.2. The smallest absolute Gasteiger partial charge is 0.323 e. The van der Waals surface area contributed by atoms with Crippen LogP contribution in [0.4, 0.5) is 4.79 Å². The summed E-state index contributed by atoms with van der Waals surface area (Å²) < 4.78 is 0. The molecular weight excluding hydrogens is 278 g/mol. The number of nitriles is 1. The van der Waals surface area contributed by atoms with Crippen LogP contribution in [0.25, 0.3) is 0 Å². The maximum atomic E-state index is 12.6. The van der Waals surface area contributed by atoms with Crippen molar-refractivity contribution >= 4 is 11.9 Å². The van der Waals surface area contributed by atoms with Gasteiger partial charge in [-0.05, 0) is 37.3 Å². The van der Waals surface area contributed by atoms with Crippen molar-refractivity contribution in [3.63, 3.8) is 0 Å². The first-order valence-corrected chi connectivity index (χ1v) is 7.49. The Morgan fingerprint density at radius 2 is 2.00 bits per heavy atom. The van der Waals surface area contributed by atoms with Gasteiger partial charge < -0.3 is 5.32 Å². The topological polar surface area (TPSA) is 73.2 Å². The summed E-state index contributed by atoms with van der Waals surface area (Å²) >= 11 is 0. The van der Waals surface area contributed by atoms with E-state index in [2.05, 4.69) is 25.2 Å². The first kappa shape index (κ1) is 16.0. The van der Waals surface area contributed by atoms with E-state index < -0.39 is 5.54 Å². The van der Waals surface area contributed by atoms with E-state index in [1.54, 1.807) is 31.2 Å². The van der Waals surface area contributed by atoms with E-state index in [1.807, 2.05) is 0 Å². The van der Waals surface area contributed by atoms with Crippen molar-refractivity contribution in [1.29, 1.82) is 5.26 Å². The summed E-state index contributed by atoms with van der Waals surface area (Å²) in [6.07, 6.45) is 1.48. The van der Waals surface area contributed by atoms with Gasteiger partial charge in [0.15, 0.2) is 0 Å². The zero-order valence-corrected chi connectivity index (χ0v) is 13.2. The van der Waals surface area contributed by atoms with Crippen LogP contribution in [0.3, 0.4) is 0 Å². The Morgan fingerprint density at radius 3 is 2.64 bits per heavy atom. The fourth-order valence-corrected chi connectivity index (χ4v) is 2.58. The van der Waals surface area contributed by atoms with Crippen molar-refractivity contribution in [2.45, 2.75) is 45.7 Å². The molecule has 3 amide bonds. The van der Waals surface area contributed by atoms with Crippen LogP contribution in [0, 0.1) is 17.2 Å². The molecule has 0 radical (unpaired) electrons. The van der Waals surface area contributed by atoms with Gasteiger partial charge in [0.05, 0.1) is 18.2 Å². The minimum Gasteiger partial charge on any atom is -0.323 e. The van der Waals surface area contributed by atoms with Crippen molar-refractivity contribution in [2.24, 2.45) is 5.92 Å². The lowest BCUT2D eigenvalue weighted by molar-refractivity contribution is -0.131. The molecule has 1 aliphatic heterocycles. The number of imide groups is 1. The molecule has 1 aromatic carbocycles. The standard InChI is InChI=1S/C17H21N3O2/c1-12(2)8-9-17(3)15(21)20(16(22)19-17)11-14-7-5-4-6-13(14)10-18/h4-7,12H,8-9,11H2,1-3H3,(H,19,22)/t17-/m1/s1. The van der Waals surface area contributed by atoms with Crippen molar-refractivity contribution in [3.8, 4) is 6.07 Å². The molecule has 0 aromatic heterocycles. The number of hydrogen-bond acceptors (Lipinski definition) is 3. The number of amides is 3. The number of nitrogens with one attached hydrogen (secondary N) is 1. The van der Waals surface area contributed by atoms with Crippen LogP contribution in [-0.2, 0) is 11.3 Å². The van der Waals surface area contributed by atoms with Crippen LogP contribution in [0.2, 0.25) is 0 Å². The van der Waals surface area contributed by atoms with E-state index in [0.29, 0.717) is 23.5 Å². The number of benzene rings is 1. The average Bonchev–Trinajstić information content (AvgIpc) is 2.70. The second-order valence-corrected chi connectivity index (χ2v) is 6.36. The molecule has 1 N–H and O–H groups in total. The molecule has 0 saturated carbocycles. The molecule has 1 aliphatic rings. The fraction of sp³-hybridized carbons (Fsp3) is 0.471. The molecule has 116 valence electrons. The fourth-order valence-electron chi connectivity index (χ4n) is 2.58. The van der Waals surface area contributed by atoms with Gasteiger partial charge in [0.25, 0.3) is 5.91 Å². The molecule has 5 nitrogen and oxygen atoms in total. The molecule has 1 saturated heterocycles. The molecule has 22 heavy (non-hydrogen) atoms. The van der Waals surface area contributed by atoms with Gasteiger partial charge in [0.2, 0.25) is 0 Å². The van der Waals surface area contributed by atoms with Crippen LogP contribution in [-0.4, -0.2) is 22.4 Å². The van der Waals surface area contributed by atoms with Gasteiger partial charge in [-0.3, -0.25) is 9.69 Å². The molecule has 0 spiro atoms. The van der Waals surface area contributed by atoms with E-state index >= 15 is 0 Å². The minimum atomic E-state index is -0.844. The van der Waals surface area contributed by atoms with Crippen LogP contribution in [0.15, 0.2) is 24.3 Å². The average molecular weight is 299 g/mol. The van der Waals surface area contributed by atoms with E-state index in [-0.39, 0.29) is 18.5 Å². The lowest BCUT2D eigenvalue weighted by Gasteiger charge is -2.22. The summed E-state index contributed by atoms with van der Waals surface area (Å²) in [4.78, 5) is 26.0. The third kappa shape index (κ3) is 3.11. The van der Waals surface area contributed by atoms with Gasteiger partial charge >= 0.3 is 6.03 Å². The number of carbonyl (C=O) groups is 2. The Hall–Kier alpha value is -2.35. The lowest BCUT2D eigenvalue weighted by Crippen LogP contribution is -2.44. The third-order valence-corrected chi connectivity index (χ3v) is 4.03. The van der Waals surface area contributed by atoms with Gasteiger partial charge in [0, 0.05) is 0 Å². The molecule has 1 heterocycles. The predicted octanol–water partition coefficient (Wildman–Crippen LogP) is 2.80. The van der Waals surface area contributed by atoms with Crippen LogP contribution in [0.1, 0.15) is 44.7 Å². The molecular formula is C17H21N3O2. The second kappa shape index (κ2) is 6.18.